The Bertz CT molecular complexity index is 673. The molecule has 0 saturated carbocycles. The molecule has 4 heteroatoms. The van der Waals surface area contributed by atoms with Gasteiger partial charge in [-0.2, -0.15) is 0 Å². The first kappa shape index (κ1) is 13.3. The van der Waals surface area contributed by atoms with Crippen LogP contribution < -0.4 is 10.9 Å². The number of rotatable bonds is 3. The molecule has 1 aromatic heterocycles. The van der Waals surface area contributed by atoms with E-state index in [0.717, 1.165) is 17.4 Å². The van der Waals surface area contributed by atoms with Gasteiger partial charge in [-0.25, -0.2) is 4.79 Å². The van der Waals surface area contributed by atoms with Crippen LogP contribution in [0.4, 0.5) is 0 Å². The van der Waals surface area contributed by atoms with E-state index >= 15 is 0 Å². The van der Waals surface area contributed by atoms with E-state index < -0.39 is 5.63 Å². The first-order valence-corrected chi connectivity index (χ1v) is 6.37. The van der Waals surface area contributed by atoms with Crippen molar-refractivity contribution in [3.8, 4) is 0 Å². The Labute approximate surface area is 111 Å². The molecular formula is C15H17NO3. The minimum absolute atomic E-state index is 0.0279. The lowest BCUT2D eigenvalue weighted by atomic mass is 10.1. The molecule has 0 saturated heterocycles. The predicted molar refractivity (Wildman–Crippen MR) is 74.4 cm³/mol. The fraction of sp³-hybridized carbons (Fsp3) is 0.333. The normalized spacial score (nSPS) is 12.4. The van der Waals surface area contributed by atoms with Gasteiger partial charge in [0.1, 0.15) is 11.1 Å². The highest BCUT2D eigenvalue weighted by atomic mass is 16.4. The summed E-state index contributed by atoms with van der Waals surface area (Å²) in [7, 11) is 0. The maximum atomic E-state index is 12.0. The zero-order chi connectivity index (χ0) is 14.0. The van der Waals surface area contributed by atoms with Gasteiger partial charge < -0.3 is 9.73 Å². The molecule has 1 heterocycles. The van der Waals surface area contributed by atoms with Gasteiger partial charge in [-0.15, -0.1) is 0 Å². The van der Waals surface area contributed by atoms with Gasteiger partial charge in [-0.3, -0.25) is 4.79 Å². The highest BCUT2D eigenvalue weighted by Gasteiger charge is 2.15. The fourth-order valence-electron chi connectivity index (χ4n) is 1.85. The lowest BCUT2D eigenvalue weighted by Crippen LogP contribution is -2.34. The van der Waals surface area contributed by atoms with Gasteiger partial charge in [-0.1, -0.05) is 25.1 Å². The first-order chi connectivity index (χ1) is 9.02. The number of aryl methyl sites for hydroxylation is 1. The quantitative estimate of drug-likeness (QED) is 0.862. The van der Waals surface area contributed by atoms with E-state index in [9.17, 15) is 9.59 Å². The van der Waals surface area contributed by atoms with E-state index in [2.05, 4.69) is 5.32 Å². The van der Waals surface area contributed by atoms with E-state index in [1.807, 2.05) is 39.0 Å². The molecule has 1 amide bonds. The van der Waals surface area contributed by atoms with Crippen LogP contribution in [0.3, 0.4) is 0 Å². The van der Waals surface area contributed by atoms with E-state index in [0.29, 0.717) is 5.58 Å². The van der Waals surface area contributed by atoms with Gasteiger partial charge >= 0.3 is 5.63 Å². The van der Waals surface area contributed by atoms with Crippen LogP contribution in [0, 0.1) is 6.92 Å². The Hall–Kier alpha value is -2.10. The first-order valence-electron chi connectivity index (χ1n) is 6.37. The molecule has 0 fully saturated rings. The van der Waals surface area contributed by atoms with Crippen LogP contribution in [0.5, 0.6) is 0 Å². The van der Waals surface area contributed by atoms with Crippen molar-refractivity contribution in [3.63, 3.8) is 0 Å². The van der Waals surface area contributed by atoms with Crippen LogP contribution in [0.25, 0.3) is 11.0 Å². The summed E-state index contributed by atoms with van der Waals surface area (Å²) in [5.74, 6) is -0.383. The average molecular weight is 259 g/mol. The van der Waals surface area contributed by atoms with Crippen molar-refractivity contribution in [3.05, 3.63) is 45.8 Å². The van der Waals surface area contributed by atoms with Crippen molar-refractivity contribution >= 4 is 16.9 Å². The number of fused-ring (bicyclic) bond motifs is 1. The van der Waals surface area contributed by atoms with Gasteiger partial charge in [0.05, 0.1) is 0 Å². The number of benzene rings is 1. The minimum Gasteiger partial charge on any atom is -0.422 e. The summed E-state index contributed by atoms with van der Waals surface area (Å²) in [6.45, 7) is 5.73. The standard InChI is InChI=1S/C15H17NO3/c1-4-10(3)16-14(17)12-8-11-7-5-6-9(2)13(11)19-15(12)18/h5-8,10H,4H2,1-3H3,(H,16,17)/t10-/m1/s1. The van der Waals surface area contributed by atoms with Crippen LogP contribution in [0.1, 0.15) is 36.2 Å². The second-order valence-electron chi connectivity index (χ2n) is 4.72. The van der Waals surface area contributed by atoms with Crippen LogP contribution in [-0.2, 0) is 0 Å². The molecule has 0 bridgehead atoms. The Balaban J connectivity index is 2.48. The highest BCUT2D eigenvalue weighted by Crippen LogP contribution is 2.17. The van der Waals surface area contributed by atoms with Gasteiger partial charge in [0.15, 0.2) is 0 Å². The van der Waals surface area contributed by atoms with Crippen LogP contribution >= 0.6 is 0 Å². The lowest BCUT2D eigenvalue weighted by Gasteiger charge is -2.11. The number of hydrogen-bond acceptors (Lipinski definition) is 3. The Morgan fingerprint density at radius 1 is 1.42 bits per heavy atom. The van der Waals surface area contributed by atoms with E-state index in [4.69, 9.17) is 4.42 Å². The molecule has 4 nitrogen and oxygen atoms in total. The van der Waals surface area contributed by atoms with Crippen molar-refractivity contribution in [2.45, 2.75) is 33.2 Å². The van der Waals surface area contributed by atoms with Crippen LogP contribution in [0.2, 0.25) is 0 Å². The number of para-hydroxylation sites is 1. The largest absolute Gasteiger partial charge is 0.422 e. The van der Waals surface area contributed by atoms with Crippen molar-refractivity contribution in [2.75, 3.05) is 0 Å². The Morgan fingerprint density at radius 3 is 2.84 bits per heavy atom. The Kier molecular flexibility index (Phi) is 3.69. The lowest BCUT2D eigenvalue weighted by molar-refractivity contribution is 0.0935. The molecule has 1 atom stereocenters. The fourth-order valence-corrected chi connectivity index (χ4v) is 1.85. The topological polar surface area (TPSA) is 59.3 Å². The monoisotopic (exact) mass is 259 g/mol. The molecule has 1 aromatic carbocycles. The zero-order valence-corrected chi connectivity index (χ0v) is 11.3. The molecule has 0 aliphatic carbocycles. The van der Waals surface area contributed by atoms with Crippen molar-refractivity contribution in [2.24, 2.45) is 0 Å². The third-order valence-electron chi connectivity index (χ3n) is 3.19. The van der Waals surface area contributed by atoms with E-state index in [1.54, 1.807) is 6.07 Å². The number of nitrogens with one attached hydrogen (secondary N) is 1. The molecule has 0 aliphatic heterocycles. The number of carbonyl (C=O) groups excluding carboxylic acids is 1. The van der Waals surface area contributed by atoms with E-state index in [1.165, 1.54) is 0 Å². The summed E-state index contributed by atoms with van der Waals surface area (Å²) in [5, 5.41) is 3.53. The van der Waals surface area contributed by atoms with Crippen LogP contribution in [-0.4, -0.2) is 11.9 Å². The van der Waals surface area contributed by atoms with Gasteiger partial charge in [-0.05, 0) is 31.9 Å². The summed E-state index contributed by atoms with van der Waals surface area (Å²) >= 11 is 0. The summed E-state index contributed by atoms with van der Waals surface area (Å²) < 4.78 is 5.24. The third-order valence-corrected chi connectivity index (χ3v) is 3.19. The molecule has 0 unspecified atom stereocenters. The van der Waals surface area contributed by atoms with Gasteiger partial charge in [0.25, 0.3) is 5.91 Å². The minimum atomic E-state index is -0.595. The average Bonchev–Trinajstić information content (AvgIpc) is 2.39. The number of amides is 1. The summed E-state index contributed by atoms with van der Waals surface area (Å²) in [6.07, 6.45) is 0.809. The molecule has 2 rings (SSSR count). The molecule has 0 spiro atoms. The second-order valence-corrected chi connectivity index (χ2v) is 4.72. The third kappa shape index (κ3) is 2.67. The molecule has 1 N–H and O–H groups in total. The summed E-state index contributed by atoms with van der Waals surface area (Å²) in [6, 6.07) is 7.18. The molecule has 100 valence electrons. The van der Waals surface area contributed by atoms with Crippen molar-refractivity contribution < 1.29 is 9.21 Å². The molecule has 0 radical (unpaired) electrons. The molecule has 0 aliphatic rings. The summed E-state index contributed by atoms with van der Waals surface area (Å²) in [5.41, 5.74) is 0.872. The zero-order valence-electron chi connectivity index (χ0n) is 11.3. The maximum absolute atomic E-state index is 12.0. The number of carbonyl (C=O) groups is 1. The second kappa shape index (κ2) is 5.26. The van der Waals surface area contributed by atoms with E-state index in [-0.39, 0.29) is 17.5 Å². The molecule has 19 heavy (non-hydrogen) atoms. The maximum Gasteiger partial charge on any atom is 0.349 e. The van der Waals surface area contributed by atoms with Crippen molar-refractivity contribution in [1.29, 1.82) is 0 Å². The predicted octanol–water partition coefficient (Wildman–Crippen LogP) is 2.63. The summed E-state index contributed by atoms with van der Waals surface area (Å²) in [4.78, 5) is 23.9. The number of hydrogen-bond donors (Lipinski definition) is 1. The molecular weight excluding hydrogens is 242 g/mol. The molecule has 2 aromatic rings. The SMILES string of the molecule is CC[C@@H](C)NC(=O)c1cc2cccc(C)c2oc1=O. The Morgan fingerprint density at radius 2 is 2.16 bits per heavy atom. The van der Waals surface area contributed by atoms with Gasteiger partial charge in [0, 0.05) is 11.4 Å². The van der Waals surface area contributed by atoms with Crippen molar-refractivity contribution in [1.82, 2.24) is 5.32 Å². The van der Waals surface area contributed by atoms with Crippen LogP contribution in [0.15, 0.2) is 33.5 Å². The van der Waals surface area contributed by atoms with Gasteiger partial charge in [0.2, 0.25) is 0 Å². The smallest absolute Gasteiger partial charge is 0.349 e. The highest BCUT2D eigenvalue weighted by molar-refractivity contribution is 5.97.